The van der Waals surface area contributed by atoms with Gasteiger partial charge in [-0.15, -0.1) is 10.6 Å². The fourth-order valence-electron chi connectivity index (χ4n) is 4.16. The van der Waals surface area contributed by atoms with Crippen LogP contribution in [0.1, 0.15) is 1.37 Å². The maximum atomic E-state index is 8.10. The van der Waals surface area contributed by atoms with Crippen molar-refractivity contribution in [1.82, 2.24) is 0 Å². The molecule has 0 fully saturated rings. The summed E-state index contributed by atoms with van der Waals surface area (Å²) in [6.07, 6.45) is 0. The predicted octanol–water partition coefficient (Wildman–Crippen LogP) is 6.32. The van der Waals surface area contributed by atoms with Crippen molar-refractivity contribution in [2.45, 2.75) is 0 Å². The van der Waals surface area contributed by atoms with Gasteiger partial charge >= 0.3 is 17.1 Å². The third-order valence-corrected chi connectivity index (χ3v) is 10.6. The second-order valence-electron chi connectivity index (χ2n) is 8.21. The Hall–Kier alpha value is -3.04. The smallest absolute Gasteiger partial charge is 0.213 e. The Labute approximate surface area is 235 Å². The van der Waals surface area contributed by atoms with Gasteiger partial charge in [-0.25, -0.2) is 24.3 Å². The number of hydrogen-bond donors (Lipinski definition) is 0. The first-order chi connectivity index (χ1) is 18.3. The average molecular weight is 555 g/mol. The van der Waals surface area contributed by atoms with E-state index in [9.17, 15) is 0 Å². The van der Waals surface area contributed by atoms with Gasteiger partial charge in [0.25, 0.3) is 0 Å². The summed E-state index contributed by atoms with van der Waals surface area (Å²) in [6, 6.07) is 57.8. The van der Waals surface area contributed by atoms with E-state index in [1.807, 2.05) is 24.3 Å². The molecule has 0 aromatic heterocycles. The van der Waals surface area contributed by atoms with Gasteiger partial charge in [0.2, 0.25) is 0 Å². The van der Waals surface area contributed by atoms with Crippen LogP contribution in [0.4, 0.5) is 0 Å². The third-order valence-electron chi connectivity index (χ3n) is 5.78. The molecule has 3 heteroatoms. The molecule has 0 radical (unpaired) electrons. The molecular weight excluding hydrogens is 526 g/mol. The Bertz CT molecular complexity index is 1390. The van der Waals surface area contributed by atoms with Gasteiger partial charge in [0, 0.05) is 1.37 Å². The minimum Gasteiger partial charge on any atom is -0.213 e. The Morgan fingerprint density at radius 2 is 0.676 bits per heavy atom. The zero-order valence-corrected chi connectivity index (χ0v) is 23.2. The second-order valence-corrected chi connectivity index (χ2v) is 12.6. The van der Waals surface area contributed by atoms with Crippen LogP contribution in [0.25, 0.3) is 0 Å². The van der Waals surface area contributed by atoms with Crippen molar-refractivity contribution in [2.24, 2.45) is 0 Å². The minimum atomic E-state index is -0.617. The van der Waals surface area contributed by atoms with Crippen LogP contribution in [0.5, 0.6) is 0 Å². The number of rotatable bonds is 6. The van der Waals surface area contributed by atoms with Gasteiger partial charge < -0.3 is 0 Å². The first-order valence-electron chi connectivity index (χ1n) is 12.6. The molecule has 0 saturated heterocycles. The molecule has 0 amide bonds. The fourth-order valence-corrected chi connectivity index (χ4v) is 8.69. The molecule has 0 aliphatic carbocycles. The summed E-state index contributed by atoms with van der Waals surface area (Å²) in [6.45, 7) is 0. The minimum absolute atomic E-state index is 0. The van der Waals surface area contributed by atoms with Crippen LogP contribution in [-0.4, -0.2) is 0 Å². The van der Waals surface area contributed by atoms with Crippen molar-refractivity contribution < 1.29 is 18.4 Å². The van der Waals surface area contributed by atoms with E-state index in [0.717, 1.165) is 5.30 Å². The molecular formula is C34H28FeP2. The molecule has 0 bridgehead atoms. The Morgan fingerprint density at radius 1 is 0.378 bits per heavy atom. The summed E-state index contributed by atoms with van der Waals surface area (Å²) in [5.41, 5.74) is 0. The van der Waals surface area contributed by atoms with Crippen LogP contribution in [0.2, 0.25) is 0 Å². The number of hydrogen-bond acceptors (Lipinski definition) is 0. The number of benzene rings is 4. The summed E-state index contributed by atoms with van der Waals surface area (Å²) in [4.78, 5) is 0. The summed E-state index contributed by atoms with van der Waals surface area (Å²) in [5, 5.41) is 7.96. The van der Waals surface area contributed by atoms with Gasteiger partial charge in [0.1, 0.15) is 0 Å². The van der Waals surface area contributed by atoms with E-state index in [2.05, 4.69) is 140 Å². The van der Waals surface area contributed by atoms with Crippen LogP contribution >= 0.6 is 15.8 Å². The largest absolute Gasteiger partial charge is 2.00 e. The van der Waals surface area contributed by atoms with Crippen LogP contribution in [0, 0.1) is 0 Å². The van der Waals surface area contributed by atoms with Crippen molar-refractivity contribution in [3.63, 3.8) is 0 Å². The van der Waals surface area contributed by atoms with Crippen LogP contribution in [0.15, 0.2) is 170 Å². The zero-order valence-electron chi connectivity index (χ0n) is 21.3. The summed E-state index contributed by atoms with van der Waals surface area (Å²) >= 11 is 0. The van der Waals surface area contributed by atoms with E-state index in [-0.39, 0.29) is 17.1 Å². The van der Waals surface area contributed by atoms with E-state index in [1.165, 1.54) is 26.5 Å². The molecule has 6 aromatic rings. The van der Waals surface area contributed by atoms with E-state index in [0.29, 0.717) is 6.04 Å². The summed E-state index contributed by atoms with van der Waals surface area (Å²) in [5.74, 6) is 0. The third kappa shape index (κ3) is 7.05. The summed E-state index contributed by atoms with van der Waals surface area (Å²) in [7, 11) is -1.03. The molecule has 0 saturated carbocycles. The molecule has 0 heterocycles. The first-order valence-corrected chi connectivity index (χ1v) is 14.7. The maximum Gasteiger partial charge on any atom is 2.00 e. The monoisotopic (exact) mass is 555 g/mol. The van der Waals surface area contributed by atoms with E-state index >= 15 is 0 Å². The molecule has 0 nitrogen and oxygen atoms in total. The van der Waals surface area contributed by atoms with Gasteiger partial charge in [0.15, 0.2) is 0 Å². The predicted molar refractivity (Wildman–Crippen MR) is 161 cm³/mol. The van der Waals surface area contributed by atoms with E-state index in [1.54, 1.807) is 0 Å². The average Bonchev–Trinajstić information content (AvgIpc) is 3.65. The van der Waals surface area contributed by atoms with Gasteiger partial charge in [-0.1, -0.05) is 137 Å². The van der Waals surface area contributed by atoms with Crippen molar-refractivity contribution >= 4 is 47.7 Å². The molecule has 182 valence electrons. The first kappa shape index (κ1) is 25.6. The van der Waals surface area contributed by atoms with Crippen LogP contribution in [-0.2, 0) is 17.1 Å². The molecule has 6 aromatic carbocycles. The van der Waals surface area contributed by atoms with Crippen molar-refractivity contribution in [1.29, 1.82) is 0 Å². The maximum absolute atomic E-state index is 8.10. The van der Waals surface area contributed by atoms with Crippen LogP contribution in [0.3, 0.4) is 0 Å². The summed E-state index contributed by atoms with van der Waals surface area (Å²) < 4.78 is 8.10. The van der Waals surface area contributed by atoms with Gasteiger partial charge in [-0.3, -0.25) is 0 Å². The van der Waals surface area contributed by atoms with Gasteiger partial charge in [-0.2, -0.15) is 24.2 Å². The van der Waals surface area contributed by atoms with E-state index in [4.69, 9.17) is 1.37 Å². The van der Waals surface area contributed by atoms with Gasteiger partial charge in [-0.05, 0) is 21.2 Å². The standard InChI is InChI=1S/2C17H14P.Fe/c2*1-3-9-15(10-4-1)18(17-13-7-8-14-17)16-11-5-2-6-12-16;/h2*1-14H;/q2*-1;+2/i13D;;. The molecule has 0 unspecified atom stereocenters. The molecule has 0 N–H and O–H groups in total. The molecule has 6 rings (SSSR count). The Balaban J connectivity index is 0.000000173. The molecule has 0 atom stereocenters. The SMILES string of the molecule is [2H]c1ccc[c-]1P(c1ccccc1)c1ccccc1.[Fe+2].c1ccc(P(c2ccccc2)[c-]2cccc2)cc1. The molecule has 37 heavy (non-hydrogen) atoms. The topological polar surface area (TPSA) is 0 Å². The molecule has 0 aliphatic rings. The van der Waals surface area contributed by atoms with Gasteiger partial charge in [0.05, 0.1) is 0 Å². The Kier molecular flexibility index (Phi) is 9.72. The molecule has 0 aliphatic heterocycles. The second kappa shape index (κ2) is 14.0. The van der Waals surface area contributed by atoms with Crippen molar-refractivity contribution in [2.75, 3.05) is 0 Å². The zero-order chi connectivity index (χ0) is 25.3. The quantitative estimate of drug-likeness (QED) is 0.128. The molecule has 0 spiro atoms. The van der Waals surface area contributed by atoms with Crippen LogP contribution < -0.4 is 31.8 Å². The fraction of sp³-hybridized carbons (Fsp3) is 0. The van der Waals surface area contributed by atoms with Crippen molar-refractivity contribution in [3.8, 4) is 0 Å². The normalized spacial score (nSPS) is 10.8. The Morgan fingerprint density at radius 3 is 1.00 bits per heavy atom. The van der Waals surface area contributed by atoms with Crippen molar-refractivity contribution in [3.05, 3.63) is 170 Å². The van der Waals surface area contributed by atoms with E-state index < -0.39 is 15.8 Å².